The maximum atomic E-state index is 11.5. The first kappa shape index (κ1) is 15.4. The lowest BCUT2D eigenvalue weighted by molar-refractivity contribution is 0.483. The van der Waals surface area contributed by atoms with Gasteiger partial charge in [-0.25, -0.2) is 0 Å². The minimum Gasteiger partial charge on any atom is -0.282 e. The van der Waals surface area contributed by atoms with Gasteiger partial charge in [0.05, 0.1) is 14.4 Å². The van der Waals surface area contributed by atoms with Crippen LogP contribution in [0.5, 0.6) is 0 Å². The van der Waals surface area contributed by atoms with Crippen LogP contribution in [0.25, 0.3) is 0 Å². The quantitative estimate of drug-likeness (QED) is 0.662. The molecule has 0 atom stereocenters. The van der Waals surface area contributed by atoms with E-state index in [1.54, 1.807) is 6.07 Å². The third-order valence-electron chi connectivity index (χ3n) is 3.44. The summed E-state index contributed by atoms with van der Waals surface area (Å²) in [7, 11) is -4.73. The minimum absolute atomic E-state index is 0.148. The Morgan fingerprint density at radius 1 is 1.28 bits per heavy atom. The molecule has 0 aliphatic rings. The fraction of sp³-hybridized carbons (Fsp3) is 0.538. The van der Waals surface area contributed by atoms with E-state index in [1.807, 2.05) is 13.8 Å². The SMILES string of the molecule is CCC[SiH2]c1c(S(=O)(=O)O)cc(C)c(CC)c1C. The molecular formula is C13H22O3SSi. The molecule has 0 unspecified atom stereocenters. The minimum atomic E-state index is -4.10. The summed E-state index contributed by atoms with van der Waals surface area (Å²) in [6, 6.07) is 2.70. The Morgan fingerprint density at radius 3 is 2.33 bits per heavy atom. The maximum Gasteiger partial charge on any atom is 0.294 e. The molecule has 3 nitrogen and oxygen atoms in total. The van der Waals surface area contributed by atoms with Gasteiger partial charge in [0.15, 0.2) is 0 Å². The molecule has 0 fully saturated rings. The standard InChI is InChI=1S/C13H22O3SSi/c1-5-7-18-13-10(4)11(6-2)9(3)8-12(13)17(14,15)16/h8H,5-7,18H2,1-4H3,(H,14,15,16). The fourth-order valence-electron chi connectivity index (χ4n) is 2.47. The van der Waals surface area contributed by atoms with Gasteiger partial charge < -0.3 is 0 Å². The lowest BCUT2D eigenvalue weighted by atomic mass is 10.0. The number of aryl methyl sites for hydroxylation is 1. The van der Waals surface area contributed by atoms with Crippen molar-refractivity contribution in [2.24, 2.45) is 0 Å². The summed E-state index contributed by atoms with van der Waals surface area (Å²) < 4.78 is 32.4. The van der Waals surface area contributed by atoms with Crippen molar-refractivity contribution < 1.29 is 13.0 Å². The topological polar surface area (TPSA) is 54.4 Å². The number of hydrogen-bond acceptors (Lipinski definition) is 2. The summed E-state index contributed by atoms with van der Waals surface area (Å²) in [6.07, 6.45) is 1.96. The molecule has 0 bridgehead atoms. The third kappa shape index (κ3) is 3.21. The van der Waals surface area contributed by atoms with Crippen LogP contribution >= 0.6 is 0 Å². The number of benzene rings is 1. The van der Waals surface area contributed by atoms with Crippen molar-refractivity contribution in [2.45, 2.75) is 51.5 Å². The van der Waals surface area contributed by atoms with Gasteiger partial charge in [-0.15, -0.1) is 0 Å². The predicted molar refractivity (Wildman–Crippen MR) is 78.4 cm³/mol. The van der Waals surface area contributed by atoms with Crippen molar-refractivity contribution in [3.63, 3.8) is 0 Å². The molecule has 1 aromatic rings. The first-order valence-corrected chi connectivity index (χ1v) is 9.57. The Bertz CT molecular complexity index is 536. The maximum absolute atomic E-state index is 11.5. The second kappa shape index (κ2) is 5.99. The van der Waals surface area contributed by atoms with Gasteiger partial charge in [0.2, 0.25) is 0 Å². The largest absolute Gasteiger partial charge is 0.294 e. The van der Waals surface area contributed by atoms with Gasteiger partial charge in [-0.3, -0.25) is 4.55 Å². The molecule has 0 radical (unpaired) electrons. The van der Waals surface area contributed by atoms with Gasteiger partial charge >= 0.3 is 0 Å². The zero-order chi connectivity index (χ0) is 13.9. The molecule has 0 saturated carbocycles. The molecule has 102 valence electrons. The van der Waals surface area contributed by atoms with E-state index in [2.05, 4.69) is 13.8 Å². The van der Waals surface area contributed by atoms with Crippen molar-refractivity contribution in [1.82, 2.24) is 0 Å². The smallest absolute Gasteiger partial charge is 0.282 e. The summed E-state index contributed by atoms with van der Waals surface area (Å²) in [4.78, 5) is 0.148. The molecule has 1 aromatic carbocycles. The first-order chi connectivity index (χ1) is 8.32. The molecule has 0 aliphatic heterocycles. The molecule has 1 N–H and O–H groups in total. The Labute approximate surface area is 112 Å². The lowest BCUT2D eigenvalue weighted by Gasteiger charge is -2.16. The van der Waals surface area contributed by atoms with Crippen molar-refractivity contribution in [3.05, 3.63) is 22.8 Å². The molecule has 5 heteroatoms. The van der Waals surface area contributed by atoms with Crippen LogP contribution in [0.15, 0.2) is 11.0 Å². The van der Waals surface area contributed by atoms with Crippen molar-refractivity contribution in [3.8, 4) is 0 Å². The summed E-state index contributed by atoms with van der Waals surface area (Å²) in [6.45, 7) is 8.07. The Hall–Kier alpha value is -0.653. The molecule has 0 aliphatic carbocycles. The molecule has 0 aromatic heterocycles. The van der Waals surface area contributed by atoms with E-state index >= 15 is 0 Å². The fourth-order valence-corrected chi connectivity index (χ4v) is 5.76. The van der Waals surface area contributed by atoms with Crippen LogP contribution in [0.1, 0.15) is 37.0 Å². The Kier molecular flexibility index (Phi) is 5.13. The van der Waals surface area contributed by atoms with E-state index in [-0.39, 0.29) is 4.90 Å². The van der Waals surface area contributed by atoms with Gasteiger partial charge in [0, 0.05) is 0 Å². The van der Waals surface area contributed by atoms with Crippen LogP contribution in [-0.2, 0) is 16.5 Å². The zero-order valence-corrected chi connectivity index (χ0v) is 13.8. The van der Waals surface area contributed by atoms with Crippen LogP contribution in [0.3, 0.4) is 0 Å². The summed E-state index contributed by atoms with van der Waals surface area (Å²) in [5.74, 6) is 0. The van der Waals surface area contributed by atoms with E-state index < -0.39 is 19.6 Å². The second-order valence-electron chi connectivity index (χ2n) is 4.71. The third-order valence-corrected chi connectivity index (χ3v) is 7.09. The van der Waals surface area contributed by atoms with Gasteiger partial charge in [0.1, 0.15) is 0 Å². The zero-order valence-electron chi connectivity index (χ0n) is 11.6. The average molecular weight is 286 g/mol. The van der Waals surface area contributed by atoms with E-state index in [1.165, 1.54) is 5.56 Å². The lowest BCUT2D eigenvalue weighted by Crippen LogP contribution is -2.26. The van der Waals surface area contributed by atoms with Gasteiger partial charge in [-0.05, 0) is 48.2 Å². The highest BCUT2D eigenvalue weighted by Crippen LogP contribution is 2.19. The van der Waals surface area contributed by atoms with Crippen molar-refractivity contribution in [2.75, 3.05) is 0 Å². The summed E-state index contributed by atoms with van der Waals surface area (Å²) >= 11 is 0. The molecule has 0 saturated heterocycles. The van der Waals surface area contributed by atoms with Crippen LogP contribution in [-0.4, -0.2) is 22.5 Å². The number of rotatable bonds is 5. The summed E-state index contributed by atoms with van der Waals surface area (Å²) in [5, 5.41) is 0.918. The normalized spacial score (nSPS) is 12.5. The Balaban J connectivity index is 3.51. The van der Waals surface area contributed by atoms with Crippen LogP contribution < -0.4 is 5.19 Å². The highest BCUT2D eigenvalue weighted by Gasteiger charge is 2.20. The van der Waals surface area contributed by atoms with Crippen molar-refractivity contribution >= 4 is 24.8 Å². The predicted octanol–water partition coefficient (Wildman–Crippen LogP) is 1.73. The summed E-state index contributed by atoms with van der Waals surface area (Å²) in [5.41, 5.74) is 3.25. The van der Waals surface area contributed by atoms with E-state index in [0.29, 0.717) is 0 Å². The van der Waals surface area contributed by atoms with Crippen LogP contribution in [0, 0.1) is 13.8 Å². The Morgan fingerprint density at radius 2 is 1.89 bits per heavy atom. The van der Waals surface area contributed by atoms with E-state index in [9.17, 15) is 13.0 Å². The van der Waals surface area contributed by atoms with Crippen LogP contribution in [0.4, 0.5) is 0 Å². The molecule has 18 heavy (non-hydrogen) atoms. The highest BCUT2D eigenvalue weighted by atomic mass is 32.2. The second-order valence-corrected chi connectivity index (χ2v) is 8.01. The molecule has 0 spiro atoms. The molecular weight excluding hydrogens is 264 g/mol. The molecule has 0 amide bonds. The van der Waals surface area contributed by atoms with Gasteiger partial charge in [0.25, 0.3) is 10.1 Å². The molecule has 1 rings (SSSR count). The highest BCUT2D eigenvalue weighted by molar-refractivity contribution is 7.86. The van der Waals surface area contributed by atoms with E-state index in [0.717, 1.165) is 35.2 Å². The number of hydrogen-bond donors (Lipinski definition) is 1. The van der Waals surface area contributed by atoms with Gasteiger partial charge in [-0.1, -0.05) is 26.3 Å². The van der Waals surface area contributed by atoms with E-state index in [4.69, 9.17) is 0 Å². The average Bonchev–Trinajstić information content (AvgIpc) is 2.26. The first-order valence-electron chi connectivity index (χ1n) is 6.42. The molecule has 0 heterocycles. The van der Waals surface area contributed by atoms with Crippen LogP contribution in [0.2, 0.25) is 6.04 Å². The monoisotopic (exact) mass is 286 g/mol. The van der Waals surface area contributed by atoms with Gasteiger partial charge in [-0.2, -0.15) is 8.42 Å². The van der Waals surface area contributed by atoms with Crippen molar-refractivity contribution in [1.29, 1.82) is 0 Å².